The Hall–Kier alpha value is -2.34. The smallest absolute Gasteiger partial charge is 0.261 e. The van der Waals surface area contributed by atoms with Crippen LogP contribution in [0.4, 0.5) is 5.69 Å². The third-order valence-corrected chi connectivity index (χ3v) is 6.37. The second-order valence-electron chi connectivity index (χ2n) is 7.18. The molecule has 1 fully saturated rings. The first kappa shape index (κ1) is 19.4. The van der Waals surface area contributed by atoms with E-state index >= 15 is 0 Å². The van der Waals surface area contributed by atoms with Crippen LogP contribution >= 0.6 is 0 Å². The molecule has 1 N–H and O–H groups in total. The molecule has 1 unspecified atom stereocenters. The van der Waals surface area contributed by atoms with E-state index in [-0.39, 0.29) is 10.8 Å². The Morgan fingerprint density at radius 1 is 1.11 bits per heavy atom. The molecule has 1 atom stereocenters. The first-order valence-electron chi connectivity index (χ1n) is 9.40. The molecule has 1 aliphatic rings. The summed E-state index contributed by atoms with van der Waals surface area (Å²) in [7, 11) is -3.68. The highest BCUT2D eigenvalue weighted by Gasteiger charge is 2.22. The van der Waals surface area contributed by atoms with Gasteiger partial charge in [-0.05, 0) is 67.1 Å². The molecule has 0 radical (unpaired) electrons. The van der Waals surface area contributed by atoms with Crippen molar-refractivity contribution in [2.45, 2.75) is 38.0 Å². The summed E-state index contributed by atoms with van der Waals surface area (Å²) in [6.45, 7) is 5.72. The largest absolute Gasteiger partial charge is 0.338 e. The average molecular weight is 387 g/mol. The maximum atomic E-state index is 12.6. The minimum atomic E-state index is -3.68. The lowest BCUT2D eigenvalue weighted by Crippen LogP contribution is -2.39. The molecule has 6 heteroatoms. The Balaban J connectivity index is 1.72. The van der Waals surface area contributed by atoms with Crippen LogP contribution in [0.25, 0.3) is 0 Å². The highest BCUT2D eigenvalue weighted by molar-refractivity contribution is 7.92. The molecule has 144 valence electrons. The van der Waals surface area contributed by atoms with Crippen molar-refractivity contribution in [2.24, 2.45) is 5.92 Å². The minimum absolute atomic E-state index is 0.0337. The van der Waals surface area contributed by atoms with Gasteiger partial charge in [0.15, 0.2) is 0 Å². The van der Waals surface area contributed by atoms with Crippen LogP contribution in [-0.2, 0) is 16.4 Å². The first-order chi connectivity index (χ1) is 12.9. The Morgan fingerprint density at radius 3 is 2.37 bits per heavy atom. The summed E-state index contributed by atoms with van der Waals surface area (Å²) in [5.41, 5.74) is 2.19. The molecule has 0 saturated carbocycles. The molecule has 0 bridgehead atoms. The fraction of sp³-hybridized carbons (Fsp3) is 0.381. The van der Waals surface area contributed by atoms with Gasteiger partial charge in [-0.25, -0.2) is 8.42 Å². The molecule has 0 aromatic heterocycles. The third-order valence-electron chi connectivity index (χ3n) is 4.97. The number of nitrogens with zero attached hydrogens (tertiary/aromatic N) is 1. The topological polar surface area (TPSA) is 66.5 Å². The van der Waals surface area contributed by atoms with Crippen molar-refractivity contribution in [3.63, 3.8) is 0 Å². The van der Waals surface area contributed by atoms with E-state index in [4.69, 9.17) is 0 Å². The maximum Gasteiger partial charge on any atom is 0.261 e. The van der Waals surface area contributed by atoms with Crippen LogP contribution in [0.5, 0.6) is 0 Å². The summed E-state index contributed by atoms with van der Waals surface area (Å²) in [4.78, 5) is 14.6. The van der Waals surface area contributed by atoms with Crippen LogP contribution in [0.15, 0.2) is 53.4 Å². The monoisotopic (exact) mass is 386 g/mol. The van der Waals surface area contributed by atoms with Gasteiger partial charge in [-0.2, -0.15) is 0 Å². The van der Waals surface area contributed by atoms with Gasteiger partial charge in [0.1, 0.15) is 0 Å². The summed E-state index contributed by atoms with van der Waals surface area (Å²) < 4.78 is 27.7. The maximum absolute atomic E-state index is 12.6. The van der Waals surface area contributed by atoms with Crippen molar-refractivity contribution in [3.8, 4) is 0 Å². The van der Waals surface area contributed by atoms with Gasteiger partial charge < -0.3 is 4.90 Å². The van der Waals surface area contributed by atoms with Crippen molar-refractivity contribution in [1.29, 1.82) is 0 Å². The third kappa shape index (κ3) is 4.69. The Morgan fingerprint density at radius 2 is 1.78 bits per heavy atom. The van der Waals surface area contributed by atoms with Gasteiger partial charge >= 0.3 is 0 Å². The van der Waals surface area contributed by atoms with E-state index in [0.29, 0.717) is 17.2 Å². The Labute approximate surface area is 161 Å². The van der Waals surface area contributed by atoms with Crippen molar-refractivity contribution in [3.05, 3.63) is 59.7 Å². The van der Waals surface area contributed by atoms with Crippen molar-refractivity contribution in [2.75, 3.05) is 17.8 Å². The molecule has 1 heterocycles. The van der Waals surface area contributed by atoms with E-state index in [0.717, 1.165) is 37.9 Å². The van der Waals surface area contributed by atoms with E-state index in [1.807, 2.05) is 24.0 Å². The van der Waals surface area contributed by atoms with E-state index in [9.17, 15) is 13.2 Å². The number of rotatable bonds is 5. The highest BCUT2D eigenvalue weighted by atomic mass is 32.2. The highest BCUT2D eigenvalue weighted by Crippen LogP contribution is 2.20. The van der Waals surface area contributed by atoms with Crippen molar-refractivity contribution < 1.29 is 13.2 Å². The molecule has 3 rings (SSSR count). The zero-order valence-corrected chi connectivity index (χ0v) is 16.6. The number of amides is 1. The van der Waals surface area contributed by atoms with Crippen LogP contribution in [0.2, 0.25) is 0 Å². The minimum Gasteiger partial charge on any atom is -0.338 e. The Bertz CT molecular complexity index is 890. The summed E-state index contributed by atoms with van der Waals surface area (Å²) in [6, 6.07) is 13.5. The van der Waals surface area contributed by atoms with Gasteiger partial charge in [0.25, 0.3) is 15.9 Å². The van der Waals surface area contributed by atoms with E-state index < -0.39 is 10.0 Å². The van der Waals surface area contributed by atoms with Gasteiger partial charge in [0.05, 0.1) is 4.90 Å². The first-order valence-corrected chi connectivity index (χ1v) is 10.9. The molecule has 5 nitrogen and oxygen atoms in total. The van der Waals surface area contributed by atoms with E-state index in [2.05, 4.69) is 11.6 Å². The van der Waals surface area contributed by atoms with Crippen LogP contribution in [0.1, 0.15) is 42.6 Å². The van der Waals surface area contributed by atoms with Crippen LogP contribution in [0.3, 0.4) is 0 Å². The van der Waals surface area contributed by atoms with Crippen molar-refractivity contribution >= 4 is 21.6 Å². The van der Waals surface area contributed by atoms with Gasteiger partial charge in [0, 0.05) is 24.3 Å². The second-order valence-corrected chi connectivity index (χ2v) is 8.86. The standard InChI is InChI=1S/C21H26N2O3S/c1-3-17-6-10-19(11-7-17)22-27(25,26)20-12-8-18(9-13-20)21(24)23-14-4-5-16(2)15-23/h6-13,16,22H,3-5,14-15H2,1-2H3. The number of benzene rings is 2. The molecule has 0 spiro atoms. The van der Waals surface area contributed by atoms with Crippen molar-refractivity contribution in [1.82, 2.24) is 4.90 Å². The lowest BCUT2D eigenvalue weighted by molar-refractivity contribution is 0.0683. The molecule has 0 aliphatic carbocycles. The quantitative estimate of drug-likeness (QED) is 0.847. The van der Waals surface area contributed by atoms with Crippen LogP contribution in [-0.4, -0.2) is 32.3 Å². The second kappa shape index (κ2) is 8.13. The normalized spacial score (nSPS) is 17.6. The number of hydrogen-bond acceptors (Lipinski definition) is 3. The number of aryl methyl sites for hydroxylation is 1. The number of carbonyl (C=O) groups is 1. The Kier molecular flexibility index (Phi) is 5.85. The molecular formula is C21H26N2O3S. The molecule has 1 aliphatic heterocycles. The number of likely N-dealkylation sites (tertiary alicyclic amines) is 1. The fourth-order valence-corrected chi connectivity index (χ4v) is 4.41. The lowest BCUT2D eigenvalue weighted by atomic mass is 9.99. The molecule has 1 saturated heterocycles. The zero-order valence-electron chi connectivity index (χ0n) is 15.8. The zero-order chi connectivity index (χ0) is 19.4. The summed E-state index contributed by atoms with van der Waals surface area (Å²) in [5.74, 6) is 0.472. The predicted octanol–water partition coefficient (Wildman–Crippen LogP) is 3.92. The van der Waals surface area contributed by atoms with Gasteiger partial charge in [0.2, 0.25) is 0 Å². The molecule has 2 aromatic carbocycles. The number of carbonyl (C=O) groups excluding carboxylic acids is 1. The van der Waals surface area contributed by atoms with Crippen LogP contribution < -0.4 is 4.72 Å². The molecule has 27 heavy (non-hydrogen) atoms. The fourth-order valence-electron chi connectivity index (χ4n) is 3.36. The number of hydrogen-bond donors (Lipinski definition) is 1. The van der Waals surface area contributed by atoms with E-state index in [1.165, 1.54) is 12.1 Å². The summed E-state index contributed by atoms with van der Waals surface area (Å²) in [5, 5.41) is 0. The van der Waals surface area contributed by atoms with Gasteiger partial charge in [-0.1, -0.05) is 26.0 Å². The number of anilines is 1. The lowest BCUT2D eigenvalue weighted by Gasteiger charge is -2.31. The van der Waals surface area contributed by atoms with E-state index in [1.54, 1.807) is 24.3 Å². The molecule has 2 aromatic rings. The van der Waals surface area contributed by atoms with Gasteiger partial charge in [-0.15, -0.1) is 0 Å². The SMILES string of the molecule is CCc1ccc(NS(=O)(=O)c2ccc(C(=O)N3CCCC(C)C3)cc2)cc1. The average Bonchev–Trinajstić information content (AvgIpc) is 2.68. The number of sulfonamides is 1. The summed E-state index contributed by atoms with van der Waals surface area (Å²) >= 11 is 0. The molecule has 1 amide bonds. The summed E-state index contributed by atoms with van der Waals surface area (Å²) in [6.07, 6.45) is 3.06. The number of nitrogens with one attached hydrogen (secondary N) is 1. The van der Waals surface area contributed by atoms with Crippen LogP contribution in [0, 0.1) is 5.92 Å². The molecular weight excluding hydrogens is 360 g/mol. The number of piperidine rings is 1. The predicted molar refractivity (Wildman–Crippen MR) is 107 cm³/mol. The van der Waals surface area contributed by atoms with Gasteiger partial charge in [-0.3, -0.25) is 9.52 Å².